The van der Waals surface area contributed by atoms with Crippen molar-refractivity contribution in [3.8, 4) is 0 Å². The van der Waals surface area contributed by atoms with Gasteiger partial charge in [0.25, 0.3) is 0 Å². The number of rotatable bonds is 4. The van der Waals surface area contributed by atoms with Crippen molar-refractivity contribution in [2.24, 2.45) is 5.73 Å². The molecule has 0 aliphatic carbocycles. The number of carbonyl (C=O) groups is 1. The molecule has 0 fully saturated rings. The standard InChI is InChI=1S/C11H14FNO2/c1-2-10(13)11(14)15-7-8-5-3-4-6-9(8)12/h3-6,10H,2,7,13H2,1H3/t10-/m1/s1. The highest BCUT2D eigenvalue weighted by Gasteiger charge is 2.13. The van der Waals surface area contributed by atoms with E-state index in [2.05, 4.69) is 0 Å². The van der Waals surface area contributed by atoms with Crippen molar-refractivity contribution < 1.29 is 13.9 Å². The Morgan fingerprint density at radius 1 is 1.53 bits per heavy atom. The van der Waals surface area contributed by atoms with Gasteiger partial charge >= 0.3 is 5.97 Å². The van der Waals surface area contributed by atoms with Gasteiger partial charge in [0.05, 0.1) is 0 Å². The zero-order chi connectivity index (χ0) is 11.3. The van der Waals surface area contributed by atoms with E-state index in [1.807, 2.05) is 0 Å². The lowest BCUT2D eigenvalue weighted by Gasteiger charge is -2.09. The molecule has 0 unspecified atom stereocenters. The van der Waals surface area contributed by atoms with Crippen molar-refractivity contribution in [2.75, 3.05) is 0 Å². The number of hydrogen-bond donors (Lipinski definition) is 1. The molecule has 0 radical (unpaired) electrons. The summed E-state index contributed by atoms with van der Waals surface area (Å²) in [5, 5.41) is 0. The van der Waals surface area contributed by atoms with Crippen LogP contribution in [0.2, 0.25) is 0 Å². The fraction of sp³-hybridized carbons (Fsp3) is 0.364. The first-order valence-electron chi connectivity index (χ1n) is 4.80. The van der Waals surface area contributed by atoms with Gasteiger partial charge < -0.3 is 10.5 Å². The number of halogens is 1. The van der Waals surface area contributed by atoms with Crippen molar-refractivity contribution >= 4 is 5.97 Å². The van der Waals surface area contributed by atoms with Crippen LogP contribution < -0.4 is 5.73 Å². The number of esters is 1. The van der Waals surface area contributed by atoms with E-state index >= 15 is 0 Å². The van der Waals surface area contributed by atoms with E-state index in [1.54, 1.807) is 25.1 Å². The number of benzene rings is 1. The second kappa shape index (κ2) is 5.46. The predicted octanol–water partition coefficient (Wildman–Crippen LogP) is 1.61. The Morgan fingerprint density at radius 3 is 2.80 bits per heavy atom. The predicted molar refractivity (Wildman–Crippen MR) is 54.5 cm³/mol. The third-order valence-electron chi connectivity index (χ3n) is 2.07. The summed E-state index contributed by atoms with van der Waals surface area (Å²) in [5.41, 5.74) is 5.81. The molecule has 0 saturated heterocycles. The highest BCUT2D eigenvalue weighted by Crippen LogP contribution is 2.08. The Balaban J connectivity index is 2.51. The van der Waals surface area contributed by atoms with E-state index in [0.29, 0.717) is 12.0 Å². The first-order valence-corrected chi connectivity index (χ1v) is 4.80. The summed E-state index contributed by atoms with van der Waals surface area (Å²) < 4.78 is 18.0. The van der Waals surface area contributed by atoms with Crippen molar-refractivity contribution in [1.82, 2.24) is 0 Å². The zero-order valence-corrected chi connectivity index (χ0v) is 8.57. The lowest BCUT2D eigenvalue weighted by atomic mass is 10.2. The van der Waals surface area contributed by atoms with Crippen LogP contribution in [-0.2, 0) is 16.1 Å². The smallest absolute Gasteiger partial charge is 0.323 e. The lowest BCUT2D eigenvalue weighted by Crippen LogP contribution is -2.31. The topological polar surface area (TPSA) is 52.3 Å². The van der Waals surface area contributed by atoms with Crippen LogP contribution in [0.5, 0.6) is 0 Å². The summed E-state index contributed by atoms with van der Waals surface area (Å²) in [6.07, 6.45) is 0.510. The fourth-order valence-corrected chi connectivity index (χ4v) is 1.04. The molecule has 0 heterocycles. The van der Waals surface area contributed by atoms with Crippen molar-refractivity contribution in [2.45, 2.75) is 26.0 Å². The van der Waals surface area contributed by atoms with E-state index < -0.39 is 12.0 Å². The largest absolute Gasteiger partial charge is 0.460 e. The third-order valence-corrected chi connectivity index (χ3v) is 2.07. The van der Waals surface area contributed by atoms with Crippen LogP contribution >= 0.6 is 0 Å². The van der Waals surface area contributed by atoms with Crippen LogP contribution in [0.3, 0.4) is 0 Å². The van der Waals surface area contributed by atoms with Crippen LogP contribution in [0.25, 0.3) is 0 Å². The zero-order valence-electron chi connectivity index (χ0n) is 8.57. The monoisotopic (exact) mass is 211 g/mol. The molecule has 0 saturated carbocycles. The van der Waals surface area contributed by atoms with Gasteiger partial charge in [-0.15, -0.1) is 0 Å². The maximum atomic E-state index is 13.1. The summed E-state index contributed by atoms with van der Waals surface area (Å²) in [6, 6.07) is 5.53. The minimum atomic E-state index is -0.628. The van der Waals surface area contributed by atoms with Gasteiger partial charge in [-0.1, -0.05) is 25.1 Å². The Bertz CT molecular complexity index is 341. The average molecular weight is 211 g/mol. The number of nitrogens with two attached hydrogens (primary N) is 1. The Hall–Kier alpha value is -1.42. The first-order chi connectivity index (χ1) is 7.15. The maximum absolute atomic E-state index is 13.1. The molecular weight excluding hydrogens is 197 g/mol. The summed E-state index contributed by atoms with van der Waals surface area (Å²) in [7, 11) is 0. The van der Waals surface area contributed by atoms with Gasteiger partial charge in [-0.05, 0) is 12.5 Å². The highest BCUT2D eigenvalue weighted by molar-refractivity contribution is 5.75. The molecule has 15 heavy (non-hydrogen) atoms. The first kappa shape index (κ1) is 11.7. The number of ether oxygens (including phenoxy) is 1. The van der Waals surface area contributed by atoms with E-state index in [0.717, 1.165) is 0 Å². The van der Waals surface area contributed by atoms with Crippen LogP contribution in [0, 0.1) is 5.82 Å². The maximum Gasteiger partial charge on any atom is 0.323 e. The normalized spacial score (nSPS) is 12.2. The van der Waals surface area contributed by atoms with Gasteiger partial charge in [-0.3, -0.25) is 4.79 Å². The summed E-state index contributed by atoms with van der Waals surface area (Å²) in [4.78, 5) is 11.2. The van der Waals surface area contributed by atoms with Gasteiger partial charge in [-0.25, -0.2) is 4.39 Å². The van der Waals surface area contributed by atoms with E-state index in [4.69, 9.17) is 10.5 Å². The van der Waals surface area contributed by atoms with Gasteiger partial charge in [0, 0.05) is 5.56 Å². The quantitative estimate of drug-likeness (QED) is 0.770. The van der Waals surface area contributed by atoms with Crippen molar-refractivity contribution in [1.29, 1.82) is 0 Å². The molecule has 0 bridgehead atoms. The second-order valence-electron chi connectivity index (χ2n) is 3.21. The van der Waals surface area contributed by atoms with Crippen molar-refractivity contribution in [3.63, 3.8) is 0 Å². The summed E-state index contributed by atoms with van der Waals surface area (Å²) in [5.74, 6) is -0.879. The second-order valence-corrected chi connectivity index (χ2v) is 3.21. The van der Waals surface area contributed by atoms with Gasteiger partial charge in [0.15, 0.2) is 0 Å². The van der Waals surface area contributed by atoms with Crippen LogP contribution in [0.15, 0.2) is 24.3 Å². The van der Waals surface area contributed by atoms with Gasteiger partial charge in [0.1, 0.15) is 18.5 Å². The van der Waals surface area contributed by atoms with E-state index in [-0.39, 0.29) is 12.4 Å². The summed E-state index contributed by atoms with van der Waals surface area (Å²) in [6.45, 7) is 1.72. The Morgan fingerprint density at radius 2 is 2.20 bits per heavy atom. The molecule has 1 aromatic carbocycles. The van der Waals surface area contributed by atoms with Crippen molar-refractivity contribution in [3.05, 3.63) is 35.6 Å². The Labute approximate surface area is 88.0 Å². The van der Waals surface area contributed by atoms with Crippen LogP contribution in [0.1, 0.15) is 18.9 Å². The molecule has 2 N–H and O–H groups in total. The summed E-state index contributed by atoms with van der Waals surface area (Å²) >= 11 is 0. The molecule has 0 aromatic heterocycles. The molecule has 82 valence electrons. The van der Waals surface area contributed by atoms with Crippen LogP contribution in [-0.4, -0.2) is 12.0 Å². The molecule has 1 atom stereocenters. The molecule has 0 amide bonds. The molecule has 1 rings (SSSR count). The average Bonchev–Trinajstić information content (AvgIpc) is 2.26. The molecule has 4 heteroatoms. The van der Waals surface area contributed by atoms with Gasteiger partial charge in [-0.2, -0.15) is 0 Å². The Kier molecular flexibility index (Phi) is 4.24. The van der Waals surface area contributed by atoms with Crippen LogP contribution in [0.4, 0.5) is 4.39 Å². The number of hydrogen-bond acceptors (Lipinski definition) is 3. The fourth-order valence-electron chi connectivity index (χ4n) is 1.04. The minimum Gasteiger partial charge on any atom is -0.460 e. The highest BCUT2D eigenvalue weighted by atomic mass is 19.1. The molecular formula is C11H14FNO2. The minimum absolute atomic E-state index is 0.0702. The third kappa shape index (κ3) is 3.32. The molecule has 0 aliphatic heterocycles. The molecule has 3 nitrogen and oxygen atoms in total. The number of carbonyl (C=O) groups excluding carboxylic acids is 1. The molecule has 0 spiro atoms. The SMILES string of the molecule is CC[C@@H](N)C(=O)OCc1ccccc1F. The molecule has 0 aliphatic rings. The van der Waals surface area contributed by atoms with E-state index in [9.17, 15) is 9.18 Å². The molecule has 1 aromatic rings. The van der Waals surface area contributed by atoms with Gasteiger partial charge in [0.2, 0.25) is 0 Å². The lowest BCUT2D eigenvalue weighted by molar-refractivity contribution is -0.146. The van der Waals surface area contributed by atoms with E-state index in [1.165, 1.54) is 6.07 Å².